The number of nitrogens with zero attached hydrogens (tertiary/aromatic N) is 1. The van der Waals surface area contributed by atoms with E-state index in [1.807, 2.05) is 6.07 Å². The van der Waals surface area contributed by atoms with Crippen LogP contribution >= 0.6 is 11.8 Å². The van der Waals surface area contributed by atoms with E-state index < -0.39 is 9.84 Å². The van der Waals surface area contributed by atoms with E-state index in [9.17, 15) is 12.8 Å². The lowest BCUT2D eigenvalue weighted by Crippen LogP contribution is -2.09. The topological polar surface area (TPSA) is 57.9 Å². The second kappa shape index (κ2) is 6.74. The summed E-state index contributed by atoms with van der Waals surface area (Å²) in [5, 5.41) is 8.79. The largest absolute Gasteiger partial charge is 0.224 e. The second-order valence-corrected chi connectivity index (χ2v) is 7.48. The maximum atomic E-state index is 13.4. The van der Waals surface area contributed by atoms with Crippen LogP contribution in [0.25, 0.3) is 0 Å². The number of halogens is 1. The minimum atomic E-state index is -3.47. The van der Waals surface area contributed by atoms with Gasteiger partial charge in [0.1, 0.15) is 5.82 Å². The van der Waals surface area contributed by atoms with Crippen molar-refractivity contribution >= 4 is 21.6 Å². The predicted molar refractivity (Wildman–Crippen MR) is 80.3 cm³/mol. The summed E-state index contributed by atoms with van der Waals surface area (Å²) in [7, 11) is -3.47. The Morgan fingerprint density at radius 3 is 2.62 bits per heavy atom. The van der Waals surface area contributed by atoms with Crippen LogP contribution in [0, 0.1) is 17.1 Å². The normalized spacial score (nSPS) is 11.0. The summed E-state index contributed by atoms with van der Waals surface area (Å²) in [6.45, 7) is 0. The average molecular weight is 321 g/mol. The van der Waals surface area contributed by atoms with Crippen LogP contribution in [0.2, 0.25) is 0 Å². The molecule has 0 saturated carbocycles. The molecule has 0 bridgehead atoms. The average Bonchev–Trinajstić information content (AvgIpc) is 2.49. The molecule has 0 heterocycles. The Balaban J connectivity index is 2.05. The number of nitriles is 1. The van der Waals surface area contributed by atoms with Crippen LogP contribution < -0.4 is 0 Å². The van der Waals surface area contributed by atoms with Gasteiger partial charge in [-0.25, -0.2) is 12.8 Å². The van der Waals surface area contributed by atoms with Crippen molar-refractivity contribution in [2.24, 2.45) is 0 Å². The number of hydrogen-bond donors (Lipinski definition) is 0. The van der Waals surface area contributed by atoms with Gasteiger partial charge < -0.3 is 0 Å². The van der Waals surface area contributed by atoms with Crippen molar-refractivity contribution in [1.82, 2.24) is 0 Å². The maximum absolute atomic E-state index is 13.4. The summed E-state index contributed by atoms with van der Waals surface area (Å²) in [5.74, 6) is -0.215. The maximum Gasteiger partial charge on any atom is 0.179 e. The highest BCUT2D eigenvalue weighted by Crippen LogP contribution is 2.22. The zero-order valence-corrected chi connectivity index (χ0v) is 12.6. The molecular formula is C15H12FNO2S2. The first-order chi connectivity index (χ1) is 10.0. The van der Waals surface area contributed by atoms with Crippen LogP contribution in [-0.2, 0) is 9.84 Å². The third-order valence-corrected chi connectivity index (χ3v) is 5.79. The lowest BCUT2D eigenvalue weighted by atomic mass is 10.2. The van der Waals surface area contributed by atoms with Crippen LogP contribution in [0.3, 0.4) is 0 Å². The van der Waals surface area contributed by atoms with Gasteiger partial charge in [-0.05, 0) is 30.3 Å². The lowest BCUT2D eigenvalue weighted by molar-refractivity contribution is 0.596. The van der Waals surface area contributed by atoms with E-state index >= 15 is 0 Å². The molecule has 0 spiro atoms. The minimum absolute atomic E-state index is 0.110. The molecule has 0 amide bonds. The first kappa shape index (κ1) is 15.5. The molecular weight excluding hydrogens is 309 g/mol. The lowest BCUT2D eigenvalue weighted by Gasteiger charge is -2.05. The predicted octanol–water partition coefficient (Wildman–Crippen LogP) is 3.26. The number of thioether (sulfide) groups is 1. The van der Waals surface area contributed by atoms with Crippen LogP contribution in [0.15, 0.2) is 58.3 Å². The summed E-state index contributed by atoms with van der Waals surface area (Å²) in [4.78, 5) is 0.550. The van der Waals surface area contributed by atoms with Gasteiger partial charge >= 0.3 is 0 Å². The Kier molecular flexibility index (Phi) is 4.99. The van der Waals surface area contributed by atoms with Gasteiger partial charge in [0.25, 0.3) is 0 Å². The zero-order valence-electron chi connectivity index (χ0n) is 11.0. The van der Waals surface area contributed by atoms with Crippen molar-refractivity contribution in [3.8, 4) is 6.07 Å². The molecule has 2 aromatic carbocycles. The van der Waals surface area contributed by atoms with Gasteiger partial charge in [-0.3, -0.25) is 0 Å². The van der Waals surface area contributed by atoms with E-state index in [2.05, 4.69) is 0 Å². The molecule has 0 fully saturated rings. The summed E-state index contributed by atoms with van der Waals surface area (Å²) >= 11 is 1.16. The quantitative estimate of drug-likeness (QED) is 0.793. The highest BCUT2D eigenvalue weighted by atomic mass is 32.2. The fourth-order valence-corrected chi connectivity index (χ4v) is 4.34. The zero-order chi connectivity index (χ0) is 15.3. The van der Waals surface area contributed by atoms with Gasteiger partial charge in [-0.15, -0.1) is 11.8 Å². The minimum Gasteiger partial charge on any atom is -0.224 e. The highest BCUT2D eigenvalue weighted by Gasteiger charge is 2.15. The van der Waals surface area contributed by atoms with Crippen molar-refractivity contribution in [2.45, 2.75) is 9.79 Å². The molecule has 0 aromatic heterocycles. The molecule has 0 aliphatic rings. The molecule has 0 N–H and O–H groups in total. The smallest absolute Gasteiger partial charge is 0.179 e. The van der Waals surface area contributed by atoms with E-state index in [0.29, 0.717) is 10.5 Å². The standard InChI is InChI=1S/C15H12FNO2S2/c16-14-6-1-2-7-15(14)20-8-9-21(18,19)13-5-3-4-12(10-13)11-17/h1-7,10H,8-9H2. The highest BCUT2D eigenvalue weighted by molar-refractivity contribution is 8.00. The van der Waals surface area contributed by atoms with Gasteiger partial charge in [0.15, 0.2) is 9.84 Å². The second-order valence-electron chi connectivity index (χ2n) is 4.24. The summed E-state index contributed by atoms with van der Waals surface area (Å²) in [6, 6.07) is 14.1. The van der Waals surface area contributed by atoms with Gasteiger partial charge in [-0.2, -0.15) is 5.26 Å². The first-order valence-electron chi connectivity index (χ1n) is 6.13. The third-order valence-electron chi connectivity index (χ3n) is 2.77. The molecule has 0 aliphatic heterocycles. The number of rotatable bonds is 5. The van der Waals surface area contributed by atoms with Gasteiger partial charge in [0, 0.05) is 10.6 Å². The van der Waals surface area contributed by atoms with E-state index in [1.54, 1.807) is 24.3 Å². The monoisotopic (exact) mass is 321 g/mol. The first-order valence-corrected chi connectivity index (χ1v) is 8.77. The molecule has 2 rings (SSSR count). The van der Waals surface area contributed by atoms with Gasteiger partial charge in [0.05, 0.1) is 22.3 Å². The van der Waals surface area contributed by atoms with Crippen LogP contribution in [0.5, 0.6) is 0 Å². The SMILES string of the molecule is N#Cc1cccc(S(=O)(=O)CCSc2ccccc2F)c1. The molecule has 0 saturated heterocycles. The van der Waals surface area contributed by atoms with Crippen LogP contribution in [0.1, 0.15) is 5.56 Å². The molecule has 0 radical (unpaired) electrons. The molecule has 0 unspecified atom stereocenters. The Hall–Kier alpha value is -1.84. The molecule has 2 aromatic rings. The molecule has 108 valence electrons. The van der Waals surface area contributed by atoms with E-state index in [4.69, 9.17) is 5.26 Å². The number of sulfone groups is 1. The number of hydrogen-bond acceptors (Lipinski definition) is 4. The van der Waals surface area contributed by atoms with Gasteiger partial charge in [0.2, 0.25) is 0 Å². The summed E-state index contributed by atoms with van der Waals surface area (Å²) < 4.78 is 37.7. The van der Waals surface area contributed by atoms with Crippen molar-refractivity contribution in [3.05, 3.63) is 59.9 Å². The fraction of sp³-hybridized carbons (Fsp3) is 0.133. The van der Waals surface area contributed by atoms with E-state index in [0.717, 1.165) is 11.8 Å². The Bertz CT molecular complexity index is 782. The van der Waals surface area contributed by atoms with Crippen LogP contribution in [0.4, 0.5) is 4.39 Å². The van der Waals surface area contributed by atoms with Crippen molar-refractivity contribution in [3.63, 3.8) is 0 Å². The van der Waals surface area contributed by atoms with Crippen molar-refractivity contribution in [2.75, 3.05) is 11.5 Å². The Morgan fingerprint density at radius 1 is 1.14 bits per heavy atom. The van der Waals surface area contributed by atoms with Gasteiger partial charge in [-0.1, -0.05) is 18.2 Å². The van der Waals surface area contributed by atoms with E-state index in [-0.39, 0.29) is 22.2 Å². The molecule has 3 nitrogen and oxygen atoms in total. The fourth-order valence-electron chi connectivity index (χ4n) is 1.70. The van der Waals surface area contributed by atoms with Crippen molar-refractivity contribution in [1.29, 1.82) is 5.26 Å². The molecule has 0 aliphatic carbocycles. The Labute approximate surface area is 127 Å². The Morgan fingerprint density at radius 2 is 1.90 bits per heavy atom. The number of benzene rings is 2. The molecule has 21 heavy (non-hydrogen) atoms. The molecule has 0 atom stereocenters. The van der Waals surface area contributed by atoms with Crippen molar-refractivity contribution < 1.29 is 12.8 Å². The summed E-state index contributed by atoms with van der Waals surface area (Å²) in [6.07, 6.45) is 0. The third kappa shape index (κ3) is 4.06. The molecule has 6 heteroatoms. The summed E-state index contributed by atoms with van der Waals surface area (Å²) in [5.41, 5.74) is 0.304. The van der Waals surface area contributed by atoms with Crippen LogP contribution in [-0.4, -0.2) is 19.9 Å². The van der Waals surface area contributed by atoms with E-state index in [1.165, 1.54) is 24.3 Å².